The van der Waals surface area contributed by atoms with E-state index in [1.807, 2.05) is 6.92 Å². The van der Waals surface area contributed by atoms with Gasteiger partial charge in [-0.05, 0) is 31.6 Å². The van der Waals surface area contributed by atoms with E-state index in [0.717, 1.165) is 18.4 Å². The highest BCUT2D eigenvalue weighted by Gasteiger charge is 2.28. The Balaban J connectivity index is 3.01. The third-order valence-corrected chi connectivity index (χ3v) is 2.56. The van der Waals surface area contributed by atoms with E-state index in [1.54, 1.807) is 0 Å². The summed E-state index contributed by atoms with van der Waals surface area (Å²) in [5.74, 6) is 0. The Hall–Kier alpha value is -0.590. The lowest BCUT2D eigenvalue weighted by Gasteiger charge is -2.30. The molecule has 11 heavy (non-hydrogen) atoms. The second-order valence-electron chi connectivity index (χ2n) is 3.99. The molecule has 0 spiro atoms. The summed E-state index contributed by atoms with van der Waals surface area (Å²) >= 11 is 0. The molecular formula is C10H15O. The smallest absolute Gasteiger partial charge is 0.229 e. The van der Waals surface area contributed by atoms with Crippen molar-refractivity contribution in [1.29, 1.82) is 0 Å². The molecule has 0 amide bonds. The molecule has 0 saturated carbocycles. The molecule has 1 nitrogen and oxygen atoms in total. The first kappa shape index (κ1) is 8.51. The summed E-state index contributed by atoms with van der Waals surface area (Å²) in [5.41, 5.74) is 2.21. The number of hydrogen-bond donors (Lipinski definition) is 0. The summed E-state index contributed by atoms with van der Waals surface area (Å²) in [7, 11) is 0. The average Bonchev–Trinajstić information content (AvgIpc) is 1.86. The first-order chi connectivity index (χ1) is 5.08. The van der Waals surface area contributed by atoms with Crippen LogP contribution < -0.4 is 0 Å². The molecule has 1 radical (unpaired) electrons. The van der Waals surface area contributed by atoms with E-state index in [-0.39, 0.29) is 5.41 Å². The molecule has 1 aliphatic rings. The molecule has 0 N–H and O–H groups in total. The SMILES string of the molecule is CC1=C([C]=O)C(C)(C)CCC1. The number of allylic oxidation sites excluding steroid dienone is 2. The van der Waals surface area contributed by atoms with Gasteiger partial charge in [-0.1, -0.05) is 19.4 Å². The molecule has 0 bridgehead atoms. The molecule has 0 aliphatic heterocycles. The third-order valence-electron chi connectivity index (χ3n) is 2.56. The fraction of sp³-hybridized carbons (Fsp3) is 0.700. The zero-order chi connectivity index (χ0) is 8.48. The Bertz CT molecular complexity index is 199. The van der Waals surface area contributed by atoms with Crippen LogP contribution >= 0.6 is 0 Å². The Morgan fingerprint density at radius 3 is 2.45 bits per heavy atom. The molecule has 61 valence electrons. The van der Waals surface area contributed by atoms with Crippen molar-refractivity contribution in [3.63, 3.8) is 0 Å². The van der Waals surface area contributed by atoms with Crippen molar-refractivity contribution in [2.45, 2.75) is 40.0 Å². The average molecular weight is 151 g/mol. The molecule has 0 fully saturated rings. The van der Waals surface area contributed by atoms with Crippen molar-refractivity contribution in [2.75, 3.05) is 0 Å². The van der Waals surface area contributed by atoms with Gasteiger partial charge >= 0.3 is 0 Å². The second-order valence-corrected chi connectivity index (χ2v) is 3.99. The molecule has 0 aromatic carbocycles. The van der Waals surface area contributed by atoms with E-state index in [9.17, 15) is 4.79 Å². The van der Waals surface area contributed by atoms with Gasteiger partial charge in [0.15, 0.2) is 0 Å². The van der Waals surface area contributed by atoms with Crippen LogP contribution in [0.3, 0.4) is 0 Å². The van der Waals surface area contributed by atoms with Crippen LogP contribution in [0.15, 0.2) is 11.1 Å². The first-order valence-electron chi connectivity index (χ1n) is 4.16. The standard InChI is InChI=1S/C10H15O/c1-8-5-4-6-10(2,3)9(8)7-11/h4-6H2,1-3H3. The lowest BCUT2D eigenvalue weighted by Crippen LogP contribution is -2.21. The van der Waals surface area contributed by atoms with Gasteiger partial charge < -0.3 is 0 Å². The third kappa shape index (κ3) is 1.52. The molecular weight excluding hydrogens is 136 g/mol. The number of hydrogen-bond acceptors (Lipinski definition) is 1. The number of carbonyl (C=O) groups excluding carboxylic acids is 1. The van der Waals surface area contributed by atoms with Crippen molar-refractivity contribution >= 4 is 6.29 Å². The van der Waals surface area contributed by atoms with Crippen molar-refractivity contribution in [1.82, 2.24) is 0 Å². The molecule has 0 aromatic heterocycles. The van der Waals surface area contributed by atoms with E-state index in [4.69, 9.17) is 0 Å². The van der Waals surface area contributed by atoms with Crippen LogP contribution in [0, 0.1) is 5.41 Å². The van der Waals surface area contributed by atoms with Crippen LogP contribution in [0.5, 0.6) is 0 Å². The summed E-state index contributed by atoms with van der Waals surface area (Å²) < 4.78 is 0. The van der Waals surface area contributed by atoms with Gasteiger partial charge in [0, 0.05) is 5.57 Å². The highest BCUT2D eigenvalue weighted by Crippen LogP contribution is 2.38. The van der Waals surface area contributed by atoms with Gasteiger partial charge in [0.25, 0.3) is 0 Å². The van der Waals surface area contributed by atoms with Crippen molar-refractivity contribution in [3.8, 4) is 0 Å². The van der Waals surface area contributed by atoms with Gasteiger partial charge in [-0.2, -0.15) is 0 Å². The van der Waals surface area contributed by atoms with Gasteiger partial charge in [-0.25, -0.2) is 0 Å². The van der Waals surface area contributed by atoms with E-state index < -0.39 is 0 Å². The maximum Gasteiger partial charge on any atom is 0.229 e. The summed E-state index contributed by atoms with van der Waals surface area (Å²) in [6, 6.07) is 0. The van der Waals surface area contributed by atoms with Crippen LogP contribution in [0.1, 0.15) is 40.0 Å². The minimum Gasteiger partial charge on any atom is -0.285 e. The van der Waals surface area contributed by atoms with Gasteiger partial charge in [0.1, 0.15) is 0 Å². The van der Waals surface area contributed by atoms with Gasteiger partial charge in [-0.15, -0.1) is 0 Å². The molecule has 0 saturated heterocycles. The molecule has 0 heterocycles. The van der Waals surface area contributed by atoms with E-state index >= 15 is 0 Å². The lowest BCUT2D eigenvalue weighted by atomic mass is 9.73. The molecule has 0 aromatic rings. The Morgan fingerprint density at radius 2 is 2.09 bits per heavy atom. The summed E-state index contributed by atoms with van der Waals surface area (Å²) in [5, 5.41) is 0. The Kier molecular flexibility index (Phi) is 2.17. The second kappa shape index (κ2) is 2.80. The fourth-order valence-corrected chi connectivity index (χ4v) is 1.85. The topological polar surface area (TPSA) is 17.1 Å². The van der Waals surface area contributed by atoms with Crippen molar-refractivity contribution in [3.05, 3.63) is 11.1 Å². The highest BCUT2D eigenvalue weighted by atomic mass is 16.1. The van der Waals surface area contributed by atoms with Crippen molar-refractivity contribution in [2.24, 2.45) is 5.41 Å². The zero-order valence-electron chi connectivity index (χ0n) is 7.53. The normalized spacial score (nSPS) is 23.5. The minimum absolute atomic E-state index is 0.0735. The van der Waals surface area contributed by atoms with Crippen LogP contribution in [0.2, 0.25) is 0 Å². The first-order valence-corrected chi connectivity index (χ1v) is 4.16. The lowest BCUT2D eigenvalue weighted by molar-refractivity contribution is 0.377. The van der Waals surface area contributed by atoms with Crippen molar-refractivity contribution < 1.29 is 4.79 Å². The Morgan fingerprint density at radius 1 is 1.45 bits per heavy atom. The molecule has 1 aliphatic carbocycles. The molecule has 0 unspecified atom stereocenters. The summed E-state index contributed by atoms with van der Waals surface area (Å²) in [6.45, 7) is 6.28. The summed E-state index contributed by atoms with van der Waals surface area (Å²) in [4.78, 5) is 10.6. The molecule has 0 atom stereocenters. The maximum atomic E-state index is 10.6. The van der Waals surface area contributed by atoms with Gasteiger partial charge in [0.2, 0.25) is 6.29 Å². The fourth-order valence-electron chi connectivity index (χ4n) is 1.85. The van der Waals surface area contributed by atoms with Crippen LogP contribution in [0.25, 0.3) is 0 Å². The molecule has 1 rings (SSSR count). The maximum absolute atomic E-state index is 10.6. The quantitative estimate of drug-likeness (QED) is 0.563. The van der Waals surface area contributed by atoms with Gasteiger partial charge in [-0.3, -0.25) is 4.79 Å². The van der Waals surface area contributed by atoms with E-state index in [2.05, 4.69) is 20.1 Å². The highest BCUT2D eigenvalue weighted by molar-refractivity contribution is 5.77. The minimum atomic E-state index is 0.0735. The van der Waals surface area contributed by atoms with E-state index in [1.165, 1.54) is 12.0 Å². The summed E-state index contributed by atoms with van der Waals surface area (Å²) in [6.07, 6.45) is 5.48. The van der Waals surface area contributed by atoms with Gasteiger partial charge in [0.05, 0.1) is 0 Å². The van der Waals surface area contributed by atoms with Crippen LogP contribution in [-0.2, 0) is 4.79 Å². The predicted molar refractivity (Wildman–Crippen MR) is 46.0 cm³/mol. The zero-order valence-corrected chi connectivity index (χ0v) is 7.53. The monoisotopic (exact) mass is 151 g/mol. The predicted octanol–water partition coefficient (Wildman–Crippen LogP) is 2.62. The Labute approximate surface area is 68.5 Å². The number of rotatable bonds is 1. The van der Waals surface area contributed by atoms with Crippen LogP contribution in [-0.4, -0.2) is 6.29 Å². The molecule has 1 heteroatoms. The van der Waals surface area contributed by atoms with E-state index in [0.29, 0.717) is 0 Å². The largest absolute Gasteiger partial charge is 0.285 e. The van der Waals surface area contributed by atoms with Crippen LogP contribution in [0.4, 0.5) is 0 Å².